The van der Waals surface area contributed by atoms with Gasteiger partial charge in [-0.15, -0.1) is 0 Å². The van der Waals surface area contributed by atoms with Gasteiger partial charge in [0.05, 0.1) is 0 Å². The Morgan fingerprint density at radius 3 is 1.22 bits per heavy atom. The monoisotopic (exact) mass is 388 g/mol. The van der Waals surface area contributed by atoms with Gasteiger partial charge in [-0.2, -0.15) is 0 Å². The molecular weight excluding hydrogens is 359 g/mol. The molecule has 0 heterocycles. The van der Waals surface area contributed by atoms with Crippen LogP contribution in [-0.2, 0) is 19.2 Å². The first-order valence-electron chi connectivity index (χ1n) is 8.10. The van der Waals surface area contributed by atoms with E-state index >= 15 is 0 Å². The number of halogens is 2. The Bertz CT molecular complexity index is 524. The largest absolute Gasteiger partial charge is 1.00 e. The third kappa shape index (κ3) is 5.11. The minimum atomic E-state index is -0.113. The fraction of sp³-hybridized carbons (Fsp3) is 0.600. The summed E-state index contributed by atoms with van der Waals surface area (Å²) in [5, 5.41) is 0. The van der Waals surface area contributed by atoms with Gasteiger partial charge in [-0.25, -0.2) is 0 Å². The molecule has 0 aliphatic heterocycles. The Morgan fingerprint density at radius 2 is 1.00 bits per heavy atom. The quantitative estimate of drug-likeness (QED) is 0.600. The van der Waals surface area contributed by atoms with Crippen molar-refractivity contribution in [3.05, 3.63) is 42.2 Å². The predicted molar refractivity (Wildman–Crippen MR) is 89.7 cm³/mol. The Balaban J connectivity index is 0.00000242. The van der Waals surface area contributed by atoms with Crippen LogP contribution in [0, 0.1) is 10.8 Å². The summed E-state index contributed by atoms with van der Waals surface area (Å²) >= 11 is -0.113. The molecule has 23 heavy (non-hydrogen) atoms. The van der Waals surface area contributed by atoms with E-state index < -0.39 is 0 Å². The van der Waals surface area contributed by atoms with Gasteiger partial charge in [0.15, 0.2) is 0 Å². The molecule has 0 aromatic carbocycles. The standard InChI is InChI=1S/2C10H15.2ClH.Ti/c2*1-8-6-5-7-9(8)10(2,3)4;;;/h2*7H,5H2,1-4H3;2*1H;/q;;;;+2/p-2. The molecule has 128 valence electrons. The van der Waals surface area contributed by atoms with Gasteiger partial charge in [-0.3, -0.25) is 0 Å². The van der Waals surface area contributed by atoms with Crippen LogP contribution in [-0.4, -0.2) is 0 Å². The van der Waals surface area contributed by atoms with Gasteiger partial charge in [0.2, 0.25) is 0 Å². The third-order valence-corrected chi connectivity index (χ3v) is 7.40. The van der Waals surface area contributed by atoms with Gasteiger partial charge in [0.25, 0.3) is 0 Å². The van der Waals surface area contributed by atoms with Crippen molar-refractivity contribution >= 4 is 0 Å². The van der Waals surface area contributed by atoms with Crippen molar-refractivity contribution in [3.8, 4) is 0 Å². The summed E-state index contributed by atoms with van der Waals surface area (Å²) in [6.45, 7) is 18.7. The number of rotatable bonds is 2. The summed E-state index contributed by atoms with van der Waals surface area (Å²) in [6.07, 6.45) is 7.38. The van der Waals surface area contributed by atoms with Crippen molar-refractivity contribution in [1.82, 2.24) is 0 Å². The molecule has 0 N–H and O–H groups in total. The first kappa shape index (κ1) is 23.3. The molecule has 0 atom stereocenters. The molecule has 0 fully saturated rings. The van der Waals surface area contributed by atoms with Crippen LogP contribution >= 0.6 is 0 Å². The van der Waals surface area contributed by atoms with Gasteiger partial charge in [-0.1, -0.05) is 0 Å². The summed E-state index contributed by atoms with van der Waals surface area (Å²) in [7, 11) is 0. The minimum absolute atomic E-state index is 0. The van der Waals surface area contributed by atoms with Crippen LogP contribution in [0.4, 0.5) is 0 Å². The molecular formula is C20H30Cl2Ti. The van der Waals surface area contributed by atoms with Gasteiger partial charge in [0.1, 0.15) is 0 Å². The maximum atomic E-state index is 2.48. The van der Waals surface area contributed by atoms with E-state index in [1.165, 1.54) is 12.8 Å². The normalized spacial score (nSPS) is 18.3. The number of hydrogen-bond donors (Lipinski definition) is 0. The Hall–Kier alpha value is 0.254. The zero-order valence-electron chi connectivity index (χ0n) is 15.8. The Morgan fingerprint density at radius 1 is 0.696 bits per heavy atom. The molecule has 0 unspecified atom stereocenters. The summed E-state index contributed by atoms with van der Waals surface area (Å²) in [5.74, 6) is 0. The second kappa shape index (κ2) is 8.09. The van der Waals surface area contributed by atoms with Crippen LogP contribution in [0.1, 0.15) is 68.2 Å². The van der Waals surface area contributed by atoms with Gasteiger partial charge in [-0.05, 0) is 0 Å². The van der Waals surface area contributed by atoms with E-state index in [-0.39, 0.29) is 44.0 Å². The maximum absolute atomic E-state index is 2.48. The molecule has 2 aliphatic rings. The van der Waals surface area contributed by atoms with Crippen LogP contribution in [0.15, 0.2) is 42.2 Å². The minimum Gasteiger partial charge on any atom is -1.00 e. The SMILES string of the molecule is CC1=[C]([Ti+2][C]2=C(C)C(C(C)(C)C)=CC2)CC=C1C(C)(C)C.[Cl-].[Cl-]. The molecule has 0 aromatic heterocycles. The van der Waals surface area contributed by atoms with E-state index in [1.807, 2.05) is 0 Å². The third-order valence-electron chi connectivity index (χ3n) is 4.65. The summed E-state index contributed by atoms with van der Waals surface area (Å²) in [4.78, 5) is 0. The van der Waals surface area contributed by atoms with Crippen LogP contribution in [0.5, 0.6) is 0 Å². The molecule has 0 bridgehead atoms. The first-order chi connectivity index (χ1) is 9.51. The molecule has 2 rings (SSSR count). The number of hydrogen-bond acceptors (Lipinski definition) is 0. The van der Waals surface area contributed by atoms with E-state index in [0.717, 1.165) is 0 Å². The molecule has 0 saturated heterocycles. The maximum Gasteiger partial charge on any atom is -1.00 e. The van der Waals surface area contributed by atoms with Crippen molar-refractivity contribution in [2.24, 2.45) is 10.8 Å². The Labute approximate surface area is 164 Å². The van der Waals surface area contributed by atoms with E-state index in [2.05, 4.69) is 67.5 Å². The Kier molecular flexibility index (Phi) is 8.18. The van der Waals surface area contributed by atoms with Crippen LogP contribution < -0.4 is 24.8 Å². The molecule has 0 spiro atoms. The second-order valence-corrected chi connectivity index (χ2v) is 10.8. The number of allylic oxidation sites excluding steroid dienone is 8. The fourth-order valence-electron chi connectivity index (χ4n) is 3.55. The second-order valence-electron chi connectivity index (χ2n) is 8.48. The smallest absolute Gasteiger partial charge is 1.00 e. The predicted octanol–water partition coefficient (Wildman–Crippen LogP) is 0.377. The zero-order chi connectivity index (χ0) is 16.0. The summed E-state index contributed by atoms with van der Waals surface area (Å²) in [6, 6.07) is 0. The fourth-order valence-corrected chi connectivity index (χ4v) is 5.77. The van der Waals surface area contributed by atoms with Crippen LogP contribution in [0.25, 0.3) is 0 Å². The van der Waals surface area contributed by atoms with E-state index in [0.29, 0.717) is 10.8 Å². The average Bonchev–Trinajstić information content (AvgIpc) is 2.83. The topological polar surface area (TPSA) is 0 Å². The van der Waals surface area contributed by atoms with Crippen molar-refractivity contribution < 1.29 is 44.0 Å². The summed E-state index contributed by atoms with van der Waals surface area (Å²) in [5.41, 5.74) is 6.97. The summed E-state index contributed by atoms with van der Waals surface area (Å²) < 4.78 is 3.52. The van der Waals surface area contributed by atoms with Gasteiger partial charge in [0, 0.05) is 0 Å². The molecule has 0 amide bonds. The molecule has 0 nitrogen and oxygen atoms in total. The van der Waals surface area contributed by atoms with Crippen molar-refractivity contribution in [2.75, 3.05) is 0 Å². The molecule has 0 saturated carbocycles. The van der Waals surface area contributed by atoms with E-state index in [1.54, 1.807) is 30.0 Å². The first-order valence-corrected chi connectivity index (χ1v) is 9.66. The zero-order valence-corrected chi connectivity index (χ0v) is 18.9. The van der Waals surface area contributed by atoms with E-state index in [4.69, 9.17) is 0 Å². The van der Waals surface area contributed by atoms with Crippen LogP contribution in [0.3, 0.4) is 0 Å². The molecule has 2 aliphatic carbocycles. The van der Waals surface area contributed by atoms with Gasteiger partial charge < -0.3 is 24.8 Å². The molecule has 3 heteroatoms. The van der Waals surface area contributed by atoms with Gasteiger partial charge >= 0.3 is 140 Å². The van der Waals surface area contributed by atoms with Crippen LogP contribution in [0.2, 0.25) is 0 Å². The van der Waals surface area contributed by atoms with E-state index in [9.17, 15) is 0 Å². The molecule has 0 radical (unpaired) electrons. The van der Waals surface area contributed by atoms with Crippen molar-refractivity contribution in [3.63, 3.8) is 0 Å². The average molecular weight is 389 g/mol. The molecule has 0 aromatic rings. The van der Waals surface area contributed by atoms with Crippen molar-refractivity contribution in [2.45, 2.75) is 68.2 Å². The van der Waals surface area contributed by atoms with Crippen molar-refractivity contribution in [1.29, 1.82) is 0 Å².